The monoisotopic (exact) mass is 445 g/mol. The first kappa shape index (κ1) is 21.0. The maximum atomic E-state index is 14.4. The van der Waals surface area contributed by atoms with Crippen LogP contribution in [0.4, 0.5) is 19.0 Å². The number of H-pyrrole nitrogens is 1. The molecule has 3 heterocycles. The first-order valence-electron chi connectivity index (χ1n) is 9.14. The van der Waals surface area contributed by atoms with Gasteiger partial charge in [-0.25, -0.2) is 9.36 Å². The Morgan fingerprint density at radius 3 is 2.41 bits per heavy atom. The summed E-state index contributed by atoms with van der Waals surface area (Å²) in [5.41, 5.74) is -6.76. The molecule has 0 bridgehead atoms. The van der Waals surface area contributed by atoms with Gasteiger partial charge in [-0.1, -0.05) is 17.7 Å². The minimum Gasteiger partial charge on any atom is -0.326 e. The van der Waals surface area contributed by atoms with E-state index in [9.17, 15) is 32.3 Å². The fourth-order valence-corrected chi connectivity index (χ4v) is 3.46. The highest BCUT2D eigenvalue weighted by Crippen LogP contribution is 2.45. The minimum atomic E-state index is -5.43. The zero-order valence-electron chi connectivity index (χ0n) is 16.3. The third kappa shape index (κ3) is 3.07. The highest BCUT2D eigenvalue weighted by molar-refractivity contribution is 6.09. The molecule has 0 aliphatic carbocycles. The summed E-state index contributed by atoms with van der Waals surface area (Å²) in [6.07, 6.45) is -3.12. The third-order valence-corrected chi connectivity index (χ3v) is 5.00. The Balaban J connectivity index is 1.98. The van der Waals surface area contributed by atoms with Crippen molar-refractivity contribution in [2.75, 3.05) is 5.32 Å². The second-order valence-electron chi connectivity index (χ2n) is 7.05. The van der Waals surface area contributed by atoms with Gasteiger partial charge >= 0.3 is 11.9 Å². The van der Waals surface area contributed by atoms with E-state index in [1.807, 2.05) is 10.3 Å². The van der Waals surface area contributed by atoms with E-state index < -0.39 is 46.2 Å². The first-order valence-corrected chi connectivity index (χ1v) is 9.14. The number of benzene rings is 1. The Hall–Kier alpha value is -4.22. The van der Waals surface area contributed by atoms with Gasteiger partial charge in [0.2, 0.25) is 0 Å². The number of alkyl halides is 3. The van der Waals surface area contributed by atoms with Gasteiger partial charge in [-0.05, 0) is 31.2 Å². The third-order valence-electron chi connectivity index (χ3n) is 5.00. The van der Waals surface area contributed by atoms with Crippen molar-refractivity contribution in [3.8, 4) is 5.69 Å². The lowest BCUT2D eigenvalue weighted by molar-refractivity contribution is -0.196. The van der Waals surface area contributed by atoms with E-state index in [-0.39, 0.29) is 11.3 Å². The summed E-state index contributed by atoms with van der Waals surface area (Å²) in [5.74, 6) is -3.70. The van der Waals surface area contributed by atoms with Gasteiger partial charge in [0.05, 0.1) is 11.3 Å². The van der Waals surface area contributed by atoms with Crippen molar-refractivity contribution in [3.05, 3.63) is 86.3 Å². The molecule has 1 atom stereocenters. The van der Waals surface area contributed by atoms with E-state index in [0.29, 0.717) is 0 Å². The van der Waals surface area contributed by atoms with Gasteiger partial charge in [0.25, 0.3) is 22.9 Å². The van der Waals surface area contributed by atoms with E-state index in [2.05, 4.69) is 4.98 Å². The zero-order valence-corrected chi connectivity index (χ0v) is 16.3. The molecule has 0 unspecified atom stereocenters. The summed E-state index contributed by atoms with van der Waals surface area (Å²) in [7, 11) is 0. The molecule has 32 heavy (non-hydrogen) atoms. The molecule has 3 aromatic rings. The highest BCUT2D eigenvalue weighted by atomic mass is 19.4. The molecule has 164 valence electrons. The number of amides is 2. The van der Waals surface area contributed by atoms with Gasteiger partial charge in [-0.2, -0.15) is 13.2 Å². The molecule has 0 saturated heterocycles. The van der Waals surface area contributed by atoms with E-state index in [4.69, 9.17) is 0 Å². The summed E-state index contributed by atoms with van der Waals surface area (Å²) in [6, 6.07) is 8.57. The Bertz CT molecular complexity index is 1350. The maximum Gasteiger partial charge on any atom is 0.425 e. The summed E-state index contributed by atoms with van der Waals surface area (Å²) in [6.45, 7) is 1.76. The van der Waals surface area contributed by atoms with Crippen molar-refractivity contribution in [2.24, 2.45) is 0 Å². The first-order chi connectivity index (χ1) is 15.1. The number of aromatic nitrogens is 3. The average Bonchev–Trinajstić information content (AvgIpc) is 3.03. The number of carbonyl (C=O) groups excluding carboxylic acids is 2. The Labute approximate surface area is 176 Å². The number of nitrogens with one attached hydrogen (secondary N) is 3. The topological polar surface area (TPSA) is 126 Å². The van der Waals surface area contributed by atoms with E-state index in [0.717, 1.165) is 16.3 Å². The van der Waals surface area contributed by atoms with Crippen molar-refractivity contribution in [1.29, 1.82) is 0 Å². The number of pyridine rings is 1. The van der Waals surface area contributed by atoms with Crippen LogP contribution in [0.5, 0.6) is 0 Å². The molecule has 0 radical (unpaired) electrons. The number of nitrogens with zero attached hydrogens (tertiary/aromatic N) is 2. The van der Waals surface area contributed by atoms with Gasteiger partial charge in [0.1, 0.15) is 11.4 Å². The molecule has 2 amide bonds. The molecule has 3 N–H and O–H groups in total. The summed E-state index contributed by atoms with van der Waals surface area (Å²) in [4.78, 5) is 55.8. The fraction of sp³-hybridized carbons (Fsp3) is 0.150. The number of carbonyl (C=O) groups is 2. The van der Waals surface area contributed by atoms with Crippen LogP contribution < -0.4 is 21.9 Å². The normalized spacial score (nSPS) is 17.6. The number of aromatic amines is 1. The number of fused-ring (bicyclic) bond motifs is 1. The molecule has 0 fully saturated rings. The largest absolute Gasteiger partial charge is 0.425 e. The van der Waals surface area contributed by atoms with Crippen LogP contribution in [0, 0.1) is 6.92 Å². The highest BCUT2D eigenvalue weighted by Gasteiger charge is 2.68. The average molecular weight is 445 g/mol. The van der Waals surface area contributed by atoms with Gasteiger partial charge < -0.3 is 10.6 Å². The fourth-order valence-electron chi connectivity index (χ4n) is 3.46. The van der Waals surface area contributed by atoms with Crippen molar-refractivity contribution in [2.45, 2.75) is 18.6 Å². The quantitative estimate of drug-likeness (QED) is 0.562. The van der Waals surface area contributed by atoms with Crippen LogP contribution >= 0.6 is 0 Å². The van der Waals surface area contributed by atoms with Crippen molar-refractivity contribution < 1.29 is 22.8 Å². The lowest BCUT2D eigenvalue weighted by Crippen LogP contribution is -2.62. The summed E-state index contributed by atoms with van der Waals surface area (Å²) < 4.78 is 43.8. The predicted molar refractivity (Wildman–Crippen MR) is 105 cm³/mol. The molecule has 1 aliphatic rings. The molecular weight excluding hydrogens is 431 g/mol. The number of anilines is 1. The number of rotatable bonds is 3. The van der Waals surface area contributed by atoms with Crippen molar-refractivity contribution in [3.63, 3.8) is 0 Å². The van der Waals surface area contributed by atoms with Gasteiger partial charge in [0.15, 0.2) is 0 Å². The van der Waals surface area contributed by atoms with Crippen LogP contribution in [0.2, 0.25) is 0 Å². The molecule has 4 rings (SSSR count). The molecular formula is C20H14F3N5O4. The SMILES string of the molecule is Cc1ccc(-n2c3c(c(=O)[nH]c2=O)[C@@](NC(=O)c2cccnc2)(C(F)(F)F)C(=O)N3)cc1. The van der Waals surface area contributed by atoms with E-state index in [1.54, 1.807) is 24.4 Å². The van der Waals surface area contributed by atoms with Crippen LogP contribution in [0.15, 0.2) is 58.4 Å². The number of halogens is 3. The van der Waals surface area contributed by atoms with Crippen LogP contribution in [-0.4, -0.2) is 32.5 Å². The van der Waals surface area contributed by atoms with Crippen LogP contribution in [-0.2, 0) is 10.3 Å². The van der Waals surface area contributed by atoms with Gasteiger partial charge in [-0.3, -0.25) is 24.4 Å². The minimum absolute atomic E-state index is 0.102. The molecule has 1 aromatic carbocycles. The number of hydrogen-bond donors (Lipinski definition) is 3. The molecule has 1 aliphatic heterocycles. The Morgan fingerprint density at radius 2 is 1.81 bits per heavy atom. The number of aryl methyl sites for hydroxylation is 1. The van der Waals surface area contributed by atoms with Crippen LogP contribution in [0.25, 0.3) is 5.69 Å². The van der Waals surface area contributed by atoms with Crippen molar-refractivity contribution in [1.82, 2.24) is 19.9 Å². The Morgan fingerprint density at radius 1 is 1.12 bits per heavy atom. The van der Waals surface area contributed by atoms with Gasteiger partial charge in [-0.15, -0.1) is 0 Å². The second-order valence-corrected chi connectivity index (χ2v) is 7.05. The molecule has 0 spiro atoms. The van der Waals surface area contributed by atoms with E-state index in [1.165, 1.54) is 30.5 Å². The molecule has 0 saturated carbocycles. The lowest BCUT2D eigenvalue weighted by Gasteiger charge is -2.30. The maximum absolute atomic E-state index is 14.4. The van der Waals surface area contributed by atoms with Gasteiger partial charge in [0, 0.05) is 12.4 Å². The lowest BCUT2D eigenvalue weighted by atomic mass is 9.91. The summed E-state index contributed by atoms with van der Waals surface area (Å²) in [5, 5.41) is 3.62. The number of hydrogen-bond acceptors (Lipinski definition) is 5. The molecule has 9 nitrogen and oxygen atoms in total. The summed E-state index contributed by atoms with van der Waals surface area (Å²) >= 11 is 0. The van der Waals surface area contributed by atoms with Crippen molar-refractivity contribution >= 4 is 17.6 Å². The molecule has 2 aromatic heterocycles. The zero-order chi connectivity index (χ0) is 23.3. The van der Waals surface area contributed by atoms with Crippen LogP contribution in [0.3, 0.4) is 0 Å². The standard InChI is InChI=1S/C20H14F3N5O4/c1-10-4-6-12(7-5-10)28-14-13(16(30)26-18(28)32)19(17(31)25-14,20(21,22)23)27-15(29)11-3-2-8-24-9-11/h2-9H,1H3,(H,25,31)(H,27,29)(H,26,30,32)/t19-/m0/s1. The predicted octanol–water partition coefficient (Wildman–Crippen LogP) is 1.37. The Kier molecular flexibility index (Phi) is 4.72. The van der Waals surface area contributed by atoms with Crippen LogP contribution in [0.1, 0.15) is 21.5 Å². The smallest absolute Gasteiger partial charge is 0.326 e. The second kappa shape index (κ2) is 7.18. The molecule has 12 heteroatoms. The van der Waals surface area contributed by atoms with E-state index >= 15 is 0 Å².